The molecule has 6 nitrogen and oxygen atoms in total. The van der Waals surface area contributed by atoms with Gasteiger partial charge in [-0.1, -0.05) is 17.7 Å². The van der Waals surface area contributed by atoms with Crippen molar-refractivity contribution in [1.82, 2.24) is 10.2 Å². The molecule has 0 unspecified atom stereocenters. The Kier molecular flexibility index (Phi) is 5.77. The van der Waals surface area contributed by atoms with E-state index in [0.29, 0.717) is 28.5 Å². The van der Waals surface area contributed by atoms with Gasteiger partial charge in [-0.25, -0.2) is 4.79 Å². The number of hydrogen-bond acceptors (Lipinski definition) is 7. The maximum absolute atomic E-state index is 12.3. The number of carbonyl (C=O) groups excluding carboxylic acids is 2. The minimum Gasteiger partial charge on any atom is -0.454 e. The number of Topliss-reactive ketones (excluding diaryl/α,β-unsaturated/α-hetero) is 1. The number of carbonyl (C=O) groups is 2. The number of aromatic nitrogens is 2. The number of hydrogen-bond donors (Lipinski definition) is 0. The Morgan fingerprint density at radius 2 is 1.48 bits per heavy atom. The molecule has 4 aromatic rings. The average Bonchev–Trinajstić information content (AvgIpc) is 3.39. The predicted molar refractivity (Wildman–Crippen MR) is 118 cm³/mol. The average molecular weight is 433 g/mol. The Morgan fingerprint density at radius 1 is 0.903 bits per heavy atom. The third kappa shape index (κ3) is 4.62. The first-order valence-electron chi connectivity index (χ1n) is 9.69. The molecule has 2 aromatic heterocycles. The zero-order valence-corrected chi connectivity index (χ0v) is 18.2. The van der Waals surface area contributed by atoms with Crippen molar-refractivity contribution in [2.45, 2.75) is 20.8 Å². The molecule has 0 radical (unpaired) electrons. The molecular weight excluding hydrogens is 412 g/mol. The highest BCUT2D eigenvalue weighted by Gasteiger charge is 2.16. The quantitative estimate of drug-likeness (QED) is 0.298. The van der Waals surface area contributed by atoms with Crippen molar-refractivity contribution in [1.29, 1.82) is 0 Å². The first kappa shape index (κ1) is 20.7. The fraction of sp³-hybridized carbons (Fsp3) is 0.167. The lowest BCUT2D eigenvalue weighted by molar-refractivity contribution is 0.0474. The summed E-state index contributed by atoms with van der Waals surface area (Å²) in [7, 11) is 0. The molecule has 0 fully saturated rings. The number of benzene rings is 2. The molecule has 0 aliphatic rings. The second-order valence-corrected chi connectivity index (χ2v) is 8.64. The highest BCUT2D eigenvalue weighted by Crippen LogP contribution is 2.25. The van der Waals surface area contributed by atoms with Crippen LogP contribution in [-0.4, -0.2) is 28.6 Å². The number of aryl methyl sites for hydroxylation is 3. The lowest BCUT2D eigenvalue weighted by Gasteiger charge is -2.04. The molecule has 0 aliphatic carbocycles. The van der Waals surface area contributed by atoms with Crippen molar-refractivity contribution in [3.63, 3.8) is 0 Å². The van der Waals surface area contributed by atoms with Crippen molar-refractivity contribution in [2.24, 2.45) is 0 Å². The molecule has 2 aromatic carbocycles. The topological polar surface area (TPSA) is 82.3 Å². The molecule has 2 heterocycles. The highest BCUT2D eigenvalue weighted by molar-refractivity contribution is 7.12. The van der Waals surface area contributed by atoms with E-state index in [-0.39, 0.29) is 12.4 Å². The third-order valence-corrected chi connectivity index (χ3v) is 5.73. The lowest BCUT2D eigenvalue weighted by atomic mass is 10.1. The van der Waals surface area contributed by atoms with E-state index in [2.05, 4.69) is 10.2 Å². The van der Waals surface area contributed by atoms with Gasteiger partial charge in [-0.05, 0) is 63.2 Å². The molecule has 7 heteroatoms. The van der Waals surface area contributed by atoms with Crippen LogP contribution in [0, 0.1) is 20.8 Å². The van der Waals surface area contributed by atoms with Crippen LogP contribution in [0.3, 0.4) is 0 Å². The van der Waals surface area contributed by atoms with Crippen molar-refractivity contribution in [2.75, 3.05) is 6.61 Å². The van der Waals surface area contributed by atoms with Crippen molar-refractivity contribution < 1.29 is 18.7 Å². The van der Waals surface area contributed by atoms with Crippen LogP contribution in [0.15, 0.2) is 59.0 Å². The maximum atomic E-state index is 12.3. The summed E-state index contributed by atoms with van der Waals surface area (Å²) in [6.07, 6.45) is 0. The smallest absolute Gasteiger partial charge is 0.338 e. The summed E-state index contributed by atoms with van der Waals surface area (Å²) in [5, 5.41) is 8.18. The Labute approximate surface area is 183 Å². The number of ether oxygens (including phenoxy) is 1. The second-order valence-electron chi connectivity index (χ2n) is 7.18. The van der Waals surface area contributed by atoms with Crippen LogP contribution in [0.5, 0.6) is 0 Å². The molecule has 0 saturated heterocycles. The van der Waals surface area contributed by atoms with Gasteiger partial charge in [0.15, 0.2) is 6.61 Å². The molecular formula is C24H20N2O4S. The minimum atomic E-state index is -0.560. The second kappa shape index (κ2) is 8.65. The SMILES string of the molecule is Cc1ccc(-c2nnc(-c3ccc(C(=O)OCC(=O)c4cc(C)sc4C)cc3)o2)cc1. The Morgan fingerprint density at radius 3 is 2.03 bits per heavy atom. The third-order valence-electron chi connectivity index (χ3n) is 4.77. The van der Waals surface area contributed by atoms with Crippen molar-refractivity contribution >= 4 is 23.1 Å². The summed E-state index contributed by atoms with van der Waals surface area (Å²) in [5.41, 5.74) is 3.61. The van der Waals surface area contributed by atoms with Gasteiger partial charge in [-0.15, -0.1) is 21.5 Å². The van der Waals surface area contributed by atoms with E-state index in [1.165, 1.54) is 0 Å². The fourth-order valence-electron chi connectivity index (χ4n) is 3.10. The van der Waals surface area contributed by atoms with E-state index < -0.39 is 5.97 Å². The standard InChI is InChI=1S/C24H20N2O4S/c1-14-4-6-17(7-5-14)22-25-26-23(30-22)18-8-10-19(11-9-18)24(28)29-13-21(27)20-12-15(2)31-16(20)3/h4-12H,13H2,1-3H3. The summed E-state index contributed by atoms with van der Waals surface area (Å²) >= 11 is 1.55. The van der Waals surface area contributed by atoms with E-state index in [1.807, 2.05) is 51.1 Å². The molecule has 0 amide bonds. The summed E-state index contributed by atoms with van der Waals surface area (Å²) in [6.45, 7) is 5.54. The monoisotopic (exact) mass is 432 g/mol. The maximum Gasteiger partial charge on any atom is 0.338 e. The highest BCUT2D eigenvalue weighted by atomic mass is 32.1. The van der Waals surface area contributed by atoms with E-state index in [4.69, 9.17) is 9.15 Å². The van der Waals surface area contributed by atoms with Crippen LogP contribution in [0.25, 0.3) is 22.9 Å². The predicted octanol–water partition coefficient (Wildman–Crippen LogP) is 5.43. The normalized spacial score (nSPS) is 10.8. The molecule has 31 heavy (non-hydrogen) atoms. The van der Waals surface area contributed by atoms with Gasteiger partial charge in [0.2, 0.25) is 17.6 Å². The van der Waals surface area contributed by atoms with Crippen LogP contribution in [-0.2, 0) is 4.74 Å². The van der Waals surface area contributed by atoms with E-state index >= 15 is 0 Å². The van der Waals surface area contributed by atoms with Crippen molar-refractivity contribution in [3.8, 4) is 22.9 Å². The number of esters is 1. The first-order chi connectivity index (χ1) is 14.9. The van der Waals surface area contributed by atoms with E-state index in [1.54, 1.807) is 35.6 Å². The van der Waals surface area contributed by atoms with Crippen LogP contribution in [0.1, 0.15) is 36.0 Å². The number of rotatable bonds is 6. The summed E-state index contributed by atoms with van der Waals surface area (Å²) in [6, 6.07) is 16.2. The van der Waals surface area contributed by atoms with Crippen LogP contribution in [0.4, 0.5) is 0 Å². The summed E-state index contributed by atoms with van der Waals surface area (Å²) < 4.78 is 10.9. The summed E-state index contributed by atoms with van der Waals surface area (Å²) in [4.78, 5) is 26.6. The molecule has 0 atom stereocenters. The van der Waals surface area contributed by atoms with Gasteiger partial charge in [0.1, 0.15) is 0 Å². The number of ketones is 1. The largest absolute Gasteiger partial charge is 0.454 e. The van der Waals surface area contributed by atoms with Gasteiger partial charge < -0.3 is 9.15 Å². The van der Waals surface area contributed by atoms with Gasteiger partial charge in [-0.3, -0.25) is 4.79 Å². The minimum absolute atomic E-state index is 0.207. The fourth-order valence-corrected chi connectivity index (χ4v) is 4.04. The van der Waals surface area contributed by atoms with E-state index in [0.717, 1.165) is 20.9 Å². The molecule has 4 rings (SSSR count). The lowest BCUT2D eigenvalue weighted by Crippen LogP contribution is -2.14. The van der Waals surface area contributed by atoms with Gasteiger partial charge >= 0.3 is 5.97 Å². The van der Waals surface area contributed by atoms with Crippen LogP contribution >= 0.6 is 11.3 Å². The molecule has 0 aliphatic heterocycles. The van der Waals surface area contributed by atoms with Crippen LogP contribution < -0.4 is 0 Å². The Bertz CT molecular complexity index is 1240. The van der Waals surface area contributed by atoms with Crippen LogP contribution in [0.2, 0.25) is 0 Å². The number of nitrogens with zero attached hydrogens (tertiary/aromatic N) is 2. The van der Waals surface area contributed by atoms with Gasteiger partial charge in [-0.2, -0.15) is 0 Å². The van der Waals surface area contributed by atoms with Gasteiger partial charge in [0.25, 0.3) is 0 Å². The Hall–Kier alpha value is -3.58. The molecule has 0 bridgehead atoms. The van der Waals surface area contributed by atoms with Gasteiger partial charge in [0.05, 0.1) is 5.56 Å². The number of thiophene rings is 1. The molecule has 0 saturated carbocycles. The first-order valence-corrected chi connectivity index (χ1v) is 10.5. The van der Waals surface area contributed by atoms with E-state index in [9.17, 15) is 9.59 Å². The Balaban J connectivity index is 1.41. The summed E-state index contributed by atoms with van der Waals surface area (Å²) in [5.74, 6) is 0.0154. The van der Waals surface area contributed by atoms with Gasteiger partial charge in [0, 0.05) is 26.4 Å². The molecule has 0 N–H and O–H groups in total. The zero-order valence-electron chi connectivity index (χ0n) is 17.3. The molecule has 156 valence electrons. The zero-order chi connectivity index (χ0) is 22.0. The molecule has 0 spiro atoms. The van der Waals surface area contributed by atoms with Crippen molar-refractivity contribution in [3.05, 3.63) is 81.0 Å².